The average Bonchev–Trinajstić information content (AvgIpc) is 3.93. The first-order valence-corrected chi connectivity index (χ1v) is 26.1. The molecule has 1 aromatic heterocycles. The molecule has 1 amide bonds. The second kappa shape index (κ2) is 26.5. The van der Waals surface area contributed by atoms with E-state index >= 15 is 0 Å². The van der Waals surface area contributed by atoms with Crippen molar-refractivity contribution in [1.29, 1.82) is 0 Å². The number of esters is 1. The topological polar surface area (TPSA) is 236 Å². The molecule has 5 rings (SSSR count). The van der Waals surface area contributed by atoms with Gasteiger partial charge in [-0.15, -0.1) is 5.10 Å². The Labute approximate surface area is 437 Å². The number of alkyl halides is 1. The van der Waals surface area contributed by atoms with E-state index in [1.54, 1.807) is 58.8 Å². The molecule has 2 aromatic rings. The van der Waals surface area contributed by atoms with E-state index in [1.807, 2.05) is 59.0 Å². The second-order valence-corrected chi connectivity index (χ2v) is 21.5. The lowest BCUT2D eigenvalue weighted by atomic mass is 9.73. The maximum atomic E-state index is 14.7. The minimum atomic E-state index is -1.92. The van der Waals surface area contributed by atoms with Crippen LogP contribution in [0.25, 0.3) is 5.69 Å². The molecule has 74 heavy (non-hydrogen) atoms. The predicted octanol–water partition coefficient (Wildman–Crippen LogP) is 5.09. The van der Waals surface area contributed by atoms with Crippen LogP contribution in [0.3, 0.4) is 0 Å². The summed E-state index contributed by atoms with van der Waals surface area (Å²) < 4.78 is 67.5. The maximum absolute atomic E-state index is 14.7. The lowest BCUT2D eigenvalue weighted by Gasteiger charge is -2.49. The Hall–Kier alpha value is -3.74. The second-order valence-electron chi connectivity index (χ2n) is 21.5. The Morgan fingerprint density at radius 2 is 1.62 bits per heavy atom. The first kappa shape index (κ1) is 61.1. The van der Waals surface area contributed by atoms with Crippen molar-refractivity contribution in [1.82, 2.24) is 25.2 Å². The van der Waals surface area contributed by atoms with Crippen LogP contribution in [0.2, 0.25) is 0 Å². The van der Waals surface area contributed by atoms with Gasteiger partial charge in [-0.2, -0.15) is 0 Å². The number of oxime groups is 1. The van der Waals surface area contributed by atoms with Crippen molar-refractivity contribution in [3.05, 3.63) is 42.2 Å². The molecule has 20 nitrogen and oxygen atoms in total. The van der Waals surface area contributed by atoms with Crippen molar-refractivity contribution in [2.45, 2.75) is 198 Å². The van der Waals surface area contributed by atoms with Crippen LogP contribution in [0.15, 0.2) is 41.8 Å². The van der Waals surface area contributed by atoms with E-state index in [0.717, 1.165) is 5.69 Å². The molecule has 0 bridgehead atoms. The number of aromatic nitrogens is 3. The molecule has 0 radical (unpaired) electrons. The molecule has 21 heteroatoms. The van der Waals surface area contributed by atoms with Gasteiger partial charge in [-0.25, -0.2) is 9.07 Å². The smallest absolute Gasteiger partial charge is 0.311 e. The standard InChI is InChI=1S/C53H87FN6O14/c1-16-40-53(10,65)47(62)32(4)44(57-69-15)30(2)27-52(9,68-14)49(33(5)45(34(6)50(64)72-40)73-43-28-51(8,67-13)48(63)35(7)71-43)74-42-26-38(25-31(3)70-42)59(11)23-21-41(61)56-39(29-54)46(66-12)36-17-19-37(20-18-36)60-24-22-55-58-60/h17-20,22,24,30-35,38-40,42-43,45-49,62-63,65H,16,21,23,25-29H2,1-15H3,(H,56,61)/b57-44-/t30-,31-,32+,33+,34-,35+,38+,39-,40-,42+,43+,45+,46-,47-,48+,49-,51-,52-,53-/m1/s1. The number of benzene rings is 1. The molecule has 0 spiro atoms. The summed E-state index contributed by atoms with van der Waals surface area (Å²) in [5, 5.41) is 50.2. The number of amides is 1. The molecular formula is C53H87FN6O14. The number of hydrogen-bond acceptors (Lipinski definition) is 18. The highest BCUT2D eigenvalue weighted by Gasteiger charge is 2.53. The fraction of sp³-hybridized carbons (Fsp3) is 0.792. The van der Waals surface area contributed by atoms with Crippen molar-refractivity contribution >= 4 is 17.6 Å². The first-order valence-electron chi connectivity index (χ1n) is 26.1. The lowest BCUT2D eigenvalue weighted by molar-refractivity contribution is -0.309. The maximum Gasteiger partial charge on any atom is 0.311 e. The monoisotopic (exact) mass is 1050 g/mol. The summed E-state index contributed by atoms with van der Waals surface area (Å²) in [5.41, 5.74) is -2.26. The normalized spacial score (nSPS) is 38.2. The van der Waals surface area contributed by atoms with Gasteiger partial charge in [0.15, 0.2) is 12.6 Å². The van der Waals surface area contributed by atoms with Crippen LogP contribution in [-0.4, -0.2) is 186 Å². The zero-order valence-corrected chi connectivity index (χ0v) is 46.3. The minimum absolute atomic E-state index is 0.0754. The third-order valence-corrected chi connectivity index (χ3v) is 16.1. The summed E-state index contributed by atoms with van der Waals surface area (Å²) >= 11 is 0. The van der Waals surface area contributed by atoms with Crippen molar-refractivity contribution < 1.29 is 72.0 Å². The zero-order chi connectivity index (χ0) is 54.9. The molecule has 0 unspecified atom stereocenters. The fourth-order valence-corrected chi connectivity index (χ4v) is 11.4. The number of cyclic esters (lactones) is 1. The third kappa shape index (κ3) is 14.2. The van der Waals surface area contributed by atoms with Gasteiger partial charge in [-0.1, -0.05) is 50.2 Å². The Bertz CT molecular complexity index is 2090. The van der Waals surface area contributed by atoms with Gasteiger partial charge in [0.25, 0.3) is 0 Å². The Morgan fingerprint density at radius 1 is 0.946 bits per heavy atom. The van der Waals surface area contributed by atoms with E-state index in [2.05, 4.69) is 25.7 Å². The highest BCUT2D eigenvalue weighted by Crippen LogP contribution is 2.42. The fourth-order valence-electron chi connectivity index (χ4n) is 11.4. The minimum Gasteiger partial charge on any atom is -0.459 e. The van der Waals surface area contributed by atoms with Crippen molar-refractivity contribution in [2.24, 2.45) is 28.8 Å². The van der Waals surface area contributed by atoms with Crippen LogP contribution >= 0.6 is 0 Å². The van der Waals surface area contributed by atoms with Gasteiger partial charge >= 0.3 is 5.97 Å². The Morgan fingerprint density at radius 3 is 2.20 bits per heavy atom. The molecular weight excluding hydrogens is 964 g/mol. The van der Waals surface area contributed by atoms with Gasteiger partial charge in [0.05, 0.1) is 77.5 Å². The molecule has 3 fully saturated rings. The highest BCUT2D eigenvalue weighted by molar-refractivity contribution is 5.88. The third-order valence-electron chi connectivity index (χ3n) is 16.1. The molecule has 1 aromatic carbocycles. The Balaban J connectivity index is 1.44. The van der Waals surface area contributed by atoms with Crippen LogP contribution in [0, 0.1) is 23.7 Å². The number of rotatable bonds is 18. The largest absolute Gasteiger partial charge is 0.459 e. The van der Waals surface area contributed by atoms with Gasteiger partial charge in [-0.05, 0) is 85.5 Å². The quantitative estimate of drug-likeness (QED) is 0.112. The SMILES string of the molecule is CC[C@H]1OC(=O)[C@H](C)[C@@H](O[C@H]2C[C@@](C)(OC)[C@@H](O)[C@H](C)O2)[C@H](C)[C@@H](O[C@H]2C[C@@H](N(C)CCC(=O)N[C@H](CF)[C@H](OC)c3ccc(-n4ccnn4)cc3)C[C@@H](C)O2)[C@](C)(OC)C[C@@H](C)/C(=N/OC)[C@H](C)[C@@H](O)[C@]1(C)O. The summed E-state index contributed by atoms with van der Waals surface area (Å²) in [6, 6.07) is 6.20. The number of carbonyl (C=O) groups excluding carboxylic acids is 2. The van der Waals surface area contributed by atoms with Crippen LogP contribution in [0.5, 0.6) is 0 Å². The van der Waals surface area contributed by atoms with Crippen molar-refractivity contribution in [3.8, 4) is 5.69 Å². The van der Waals surface area contributed by atoms with Crippen LogP contribution < -0.4 is 5.32 Å². The van der Waals surface area contributed by atoms with E-state index in [4.69, 9.17) is 42.7 Å². The van der Waals surface area contributed by atoms with E-state index in [9.17, 15) is 29.3 Å². The number of nitrogens with zero attached hydrogens (tertiary/aromatic N) is 5. The number of hydrogen-bond donors (Lipinski definition) is 4. The van der Waals surface area contributed by atoms with Gasteiger partial charge < -0.3 is 68.3 Å². The van der Waals surface area contributed by atoms with Crippen molar-refractivity contribution in [3.63, 3.8) is 0 Å². The number of methoxy groups -OCH3 is 3. The van der Waals surface area contributed by atoms with Gasteiger partial charge in [0.1, 0.15) is 37.7 Å². The lowest BCUT2D eigenvalue weighted by Crippen LogP contribution is -2.60. The number of aliphatic hydroxyl groups is 3. The van der Waals surface area contributed by atoms with Crippen LogP contribution in [0.4, 0.5) is 4.39 Å². The molecule has 19 atom stereocenters. The summed E-state index contributed by atoms with van der Waals surface area (Å²) in [6.07, 6.45) is -4.05. The summed E-state index contributed by atoms with van der Waals surface area (Å²) in [6.45, 7) is 17.3. The molecule has 4 N–H and O–H groups in total. The summed E-state index contributed by atoms with van der Waals surface area (Å²) in [5.74, 6) is -3.94. The number of carbonyl (C=O) groups is 2. The van der Waals surface area contributed by atoms with Gasteiger partial charge in [-0.3, -0.25) is 9.59 Å². The van der Waals surface area contributed by atoms with E-state index in [1.165, 1.54) is 28.3 Å². The van der Waals surface area contributed by atoms with Crippen LogP contribution in [0.1, 0.15) is 119 Å². The van der Waals surface area contributed by atoms with Crippen molar-refractivity contribution in [2.75, 3.05) is 48.7 Å². The summed E-state index contributed by atoms with van der Waals surface area (Å²) in [4.78, 5) is 35.6. The number of halogens is 1. The molecule has 3 aliphatic heterocycles. The van der Waals surface area contributed by atoms with Gasteiger partial charge in [0, 0.05) is 70.9 Å². The number of aliphatic hydroxyl groups excluding tert-OH is 2. The number of nitrogens with one attached hydrogen (secondary N) is 1. The van der Waals surface area contributed by atoms with E-state index in [-0.39, 0.29) is 43.7 Å². The highest BCUT2D eigenvalue weighted by atomic mass is 19.1. The molecule has 3 aliphatic rings. The Kier molecular flexibility index (Phi) is 21.9. The van der Waals surface area contributed by atoms with Crippen LogP contribution in [-0.2, 0) is 52.3 Å². The molecule has 0 aliphatic carbocycles. The van der Waals surface area contributed by atoms with Gasteiger partial charge in [0.2, 0.25) is 5.91 Å². The number of ether oxygens (including phenoxy) is 8. The van der Waals surface area contributed by atoms with E-state index < -0.39 is 114 Å². The zero-order valence-electron chi connectivity index (χ0n) is 46.3. The molecule has 3 saturated heterocycles. The molecule has 0 saturated carbocycles. The predicted molar refractivity (Wildman–Crippen MR) is 272 cm³/mol. The first-order chi connectivity index (χ1) is 34.9. The molecule has 420 valence electrons. The average molecular weight is 1050 g/mol. The molecule has 4 heterocycles. The van der Waals surface area contributed by atoms with E-state index in [0.29, 0.717) is 30.7 Å². The summed E-state index contributed by atoms with van der Waals surface area (Å²) in [7, 11) is 7.92.